The zero-order chi connectivity index (χ0) is 15.9. The van der Waals surface area contributed by atoms with E-state index in [4.69, 9.17) is 0 Å². The van der Waals surface area contributed by atoms with E-state index in [0.29, 0.717) is 15.2 Å². The molecule has 2 aromatic heterocycles. The fraction of sp³-hybridized carbons (Fsp3) is 0.0667. The molecule has 0 saturated heterocycles. The number of carboxylic acid groups (broad SMARTS) is 1. The lowest BCUT2D eigenvalue weighted by atomic mass is 10.2. The Labute approximate surface area is 143 Å². The number of nitrogens with zero attached hydrogens (tertiary/aromatic N) is 1. The van der Waals surface area contributed by atoms with Gasteiger partial charge in [0.25, 0.3) is 0 Å². The van der Waals surface area contributed by atoms with Crippen molar-refractivity contribution in [3.63, 3.8) is 0 Å². The van der Waals surface area contributed by atoms with E-state index in [9.17, 15) is 14.3 Å². The van der Waals surface area contributed by atoms with Crippen LogP contribution < -0.4 is 5.32 Å². The van der Waals surface area contributed by atoms with Crippen molar-refractivity contribution in [2.45, 2.75) is 6.92 Å². The Morgan fingerprint density at radius 3 is 2.82 bits per heavy atom. The van der Waals surface area contributed by atoms with Crippen LogP contribution in [0.1, 0.15) is 16.1 Å². The molecule has 22 heavy (non-hydrogen) atoms. The Morgan fingerprint density at radius 2 is 2.14 bits per heavy atom. The summed E-state index contributed by atoms with van der Waals surface area (Å²) in [4.78, 5) is 16.5. The number of rotatable bonds is 3. The molecule has 1 aromatic carbocycles. The van der Waals surface area contributed by atoms with Crippen molar-refractivity contribution in [3.8, 4) is 0 Å². The first-order valence-corrected chi connectivity index (χ1v) is 8.21. The van der Waals surface area contributed by atoms with Gasteiger partial charge in [-0.05, 0) is 59.8 Å². The fourth-order valence-electron chi connectivity index (χ4n) is 2.08. The topological polar surface area (TPSA) is 62.2 Å². The number of hydrogen-bond donors (Lipinski definition) is 2. The highest BCUT2D eigenvalue weighted by molar-refractivity contribution is 14.1. The first-order chi connectivity index (χ1) is 10.5. The van der Waals surface area contributed by atoms with Crippen LogP contribution in [0.25, 0.3) is 10.2 Å². The van der Waals surface area contributed by atoms with Crippen LogP contribution >= 0.6 is 33.9 Å². The molecule has 0 spiro atoms. The van der Waals surface area contributed by atoms with E-state index >= 15 is 0 Å². The third-order valence-corrected chi connectivity index (χ3v) is 4.77. The van der Waals surface area contributed by atoms with Gasteiger partial charge in [-0.15, -0.1) is 0 Å². The van der Waals surface area contributed by atoms with Crippen LogP contribution in [0.15, 0.2) is 30.3 Å². The molecule has 0 aliphatic heterocycles. The molecule has 0 saturated carbocycles. The first-order valence-electron chi connectivity index (χ1n) is 6.31. The number of nitrogens with one attached hydrogen (secondary N) is 1. The summed E-state index contributed by atoms with van der Waals surface area (Å²) in [5.74, 6) is -1.49. The Kier molecular flexibility index (Phi) is 4.00. The molecule has 0 atom stereocenters. The summed E-state index contributed by atoms with van der Waals surface area (Å²) in [5.41, 5.74) is 1.16. The van der Waals surface area contributed by atoms with Gasteiger partial charge >= 0.3 is 5.97 Å². The second-order valence-corrected chi connectivity index (χ2v) is 6.91. The Bertz CT molecular complexity index is 895. The van der Waals surface area contributed by atoms with Crippen molar-refractivity contribution in [1.82, 2.24) is 4.98 Å². The molecule has 2 N–H and O–H groups in total. The maximum Gasteiger partial charge on any atom is 0.339 e. The van der Waals surface area contributed by atoms with E-state index in [0.717, 1.165) is 9.26 Å². The lowest BCUT2D eigenvalue weighted by molar-refractivity contribution is 0.0700. The predicted octanol–water partition coefficient (Wildman–Crippen LogP) is 4.79. The SMILES string of the molecule is Cc1ccc2c(C(=O)O)c(Nc3ccc(I)cc3F)sc2n1. The van der Waals surface area contributed by atoms with Gasteiger partial charge in [0.15, 0.2) is 0 Å². The zero-order valence-electron chi connectivity index (χ0n) is 11.4. The van der Waals surface area contributed by atoms with Crippen LogP contribution in [0.4, 0.5) is 15.1 Å². The number of halogens is 2. The minimum Gasteiger partial charge on any atom is -0.478 e. The van der Waals surface area contributed by atoms with Gasteiger partial charge in [-0.25, -0.2) is 14.2 Å². The number of aromatic carboxylic acids is 1. The highest BCUT2D eigenvalue weighted by Crippen LogP contribution is 2.37. The van der Waals surface area contributed by atoms with E-state index < -0.39 is 11.8 Å². The fourth-order valence-corrected chi connectivity index (χ4v) is 3.66. The molecule has 0 bridgehead atoms. The van der Waals surface area contributed by atoms with Gasteiger partial charge < -0.3 is 10.4 Å². The first kappa shape index (κ1) is 15.2. The molecule has 0 radical (unpaired) electrons. The molecule has 0 aliphatic carbocycles. The molecule has 0 unspecified atom stereocenters. The summed E-state index contributed by atoms with van der Waals surface area (Å²) < 4.78 is 14.7. The maximum absolute atomic E-state index is 14.0. The number of aryl methyl sites for hydroxylation is 1. The monoisotopic (exact) mass is 428 g/mol. The van der Waals surface area contributed by atoms with Gasteiger partial charge in [-0.2, -0.15) is 0 Å². The van der Waals surface area contributed by atoms with E-state index in [1.54, 1.807) is 24.3 Å². The predicted molar refractivity (Wildman–Crippen MR) is 93.7 cm³/mol. The van der Waals surface area contributed by atoms with Gasteiger partial charge in [0.1, 0.15) is 21.2 Å². The van der Waals surface area contributed by atoms with E-state index in [1.807, 2.05) is 29.5 Å². The second kappa shape index (κ2) is 5.81. The van der Waals surface area contributed by atoms with Gasteiger partial charge in [-0.3, -0.25) is 0 Å². The number of carbonyl (C=O) groups is 1. The molecule has 112 valence electrons. The smallest absolute Gasteiger partial charge is 0.339 e. The second-order valence-electron chi connectivity index (χ2n) is 4.67. The molecular formula is C15H10FIN2O2S. The highest BCUT2D eigenvalue weighted by Gasteiger charge is 2.20. The lowest BCUT2D eigenvalue weighted by Crippen LogP contribution is -2.01. The summed E-state index contributed by atoms with van der Waals surface area (Å²) in [6.45, 7) is 1.84. The van der Waals surface area contributed by atoms with E-state index in [-0.39, 0.29) is 11.3 Å². The van der Waals surface area contributed by atoms with Crippen molar-refractivity contribution in [2.24, 2.45) is 0 Å². The molecule has 7 heteroatoms. The third-order valence-electron chi connectivity index (χ3n) is 3.09. The standard InChI is InChI=1S/C15H10FIN2O2S/c1-7-2-4-9-12(15(20)21)14(22-13(9)18-7)19-11-5-3-8(17)6-10(11)16/h2-6,19H,1H3,(H,20,21). The molecular weight excluding hydrogens is 418 g/mol. The number of aromatic nitrogens is 1. The van der Waals surface area contributed by atoms with Gasteiger partial charge in [0.2, 0.25) is 0 Å². The number of anilines is 2. The maximum atomic E-state index is 14.0. The summed E-state index contributed by atoms with van der Waals surface area (Å²) >= 11 is 3.22. The molecule has 0 amide bonds. The number of fused-ring (bicyclic) bond motifs is 1. The summed E-state index contributed by atoms with van der Waals surface area (Å²) in [6.07, 6.45) is 0. The zero-order valence-corrected chi connectivity index (χ0v) is 14.3. The minimum atomic E-state index is -1.06. The van der Waals surface area contributed by atoms with Gasteiger partial charge in [0.05, 0.1) is 5.69 Å². The summed E-state index contributed by atoms with van der Waals surface area (Å²) in [5, 5.41) is 13.3. The van der Waals surface area contributed by atoms with Crippen LogP contribution in [0.5, 0.6) is 0 Å². The van der Waals surface area contributed by atoms with Crippen molar-refractivity contribution in [3.05, 3.63) is 51.0 Å². The van der Waals surface area contributed by atoms with Gasteiger partial charge in [-0.1, -0.05) is 11.3 Å². The summed E-state index contributed by atoms with van der Waals surface area (Å²) in [7, 11) is 0. The van der Waals surface area contributed by atoms with Crippen molar-refractivity contribution < 1.29 is 14.3 Å². The molecule has 4 nitrogen and oxygen atoms in total. The van der Waals surface area contributed by atoms with Crippen LogP contribution in [-0.4, -0.2) is 16.1 Å². The normalized spacial score (nSPS) is 10.9. The molecule has 2 heterocycles. The average Bonchev–Trinajstić information content (AvgIpc) is 2.79. The third kappa shape index (κ3) is 2.78. The van der Waals surface area contributed by atoms with E-state index in [2.05, 4.69) is 10.3 Å². The number of thiophene rings is 1. The number of benzene rings is 1. The molecule has 3 rings (SSSR count). The highest BCUT2D eigenvalue weighted by atomic mass is 127. The van der Waals surface area contributed by atoms with Gasteiger partial charge in [0, 0.05) is 14.7 Å². The quantitative estimate of drug-likeness (QED) is 0.589. The lowest BCUT2D eigenvalue weighted by Gasteiger charge is -2.06. The van der Waals surface area contributed by atoms with Crippen molar-refractivity contribution >= 4 is 60.8 Å². The van der Waals surface area contributed by atoms with Crippen molar-refractivity contribution in [1.29, 1.82) is 0 Å². The number of hydrogen-bond acceptors (Lipinski definition) is 4. The number of pyridine rings is 1. The molecule has 0 fully saturated rings. The minimum absolute atomic E-state index is 0.116. The van der Waals surface area contributed by atoms with E-state index in [1.165, 1.54) is 17.4 Å². The van der Waals surface area contributed by atoms with Crippen LogP contribution in [-0.2, 0) is 0 Å². The van der Waals surface area contributed by atoms with Crippen LogP contribution in [0.2, 0.25) is 0 Å². The Hall–Kier alpha value is -1.74. The largest absolute Gasteiger partial charge is 0.478 e. The number of carboxylic acids is 1. The summed E-state index contributed by atoms with van der Waals surface area (Å²) in [6, 6.07) is 8.22. The van der Waals surface area contributed by atoms with Crippen LogP contribution in [0.3, 0.4) is 0 Å². The van der Waals surface area contributed by atoms with Crippen molar-refractivity contribution in [2.75, 3.05) is 5.32 Å². The van der Waals surface area contributed by atoms with Crippen LogP contribution in [0, 0.1) is 16.3 Å². The molecule has 3 aromatic rings. The Balaban J connectivity index is 2.13. The Morgan fingerprint density at radius 1 is 1.36 bits per heavy atom. The average molecular weight is 428 g/mol. The molecule has 0 aliphatic rings.